The second-order valence-corrected chi connectivity index (χ2v) is 12.5. The molecule has 1 fully saturated rings. The number of ether oxygens (including phenoxy) is 1. The minimum atomic E-state index is -0.505. The third-order valence-corrected chi connectivity index (χ3v) is 7.62. The number of anilines is 2. The number of rotatable bonds is 10. The molecule has 2 N–H and O–H groups in total. The first-order valence-corrected chi connectivity index (χ1v) is 15.6. The number of aromatic nitrogens is 4. The maximum absolute atomic E-state index is 13.1. The average molecular weight is 643 g/mol. The van der Waals surface area contributed by atoms with Crippen molar-refractivity contribution in [2.45, 2.75) is 38.8 Å². The molecule has 12 heteroatoms. The van der Waals surface area contributed by atoms with Crippen LogP contribution in [0, 0.1) is 0 Å². The Morgan fingerprint density at radius 2 is 1.74 bits per heavy atom. The van der Waals surface area contributed by atoms with Crippen molar-refractivity contribution < 1.29 is 14.3 Å². The number of hydrogen-bond donors (Lipinski definition) is 2. The second kappa shape index (κ2) is 14.9. The van der Waals surface area contributed by atoms with E-state index in [-0.39, 0.29) is 18.0 Å². The maximum atomic E-state index is 13.1. The first kappa shape index (κ1) is 32.5. The van der Waals surface area contributed by atoms with Gasteiger partial charge >= 0.3 is 6.09 Å². The van der Waals surface area contributed by atoms with Crippen molar-refractivity contribution in [1.29, 1.82) is 0 Å². The van der Waals surface area contributed by atoms with Gasteiger partial charge < -0.3 is 25.2 Å². The van der Waals surface area contributed by atoms with Gasteiger partial charge in [-0.3, -0.25) is 4.79 Å². The Morgan fingerprint density at radius 1 is 1.00 bits per heavy atom. The van der Waals surface area contributed by atoms with E-state index in [4.69, 9.17) is 16.3 Å². The van der Waals surface area contributed by atoms with Crippen LogP contribution in [-0.4, -0.2) is 81.5 Å². The fraction of sp³-hybridized carbons (Fsp3) is 0.324. The van der Waals surface area contributed by atoms with Crippen LogP contribution in [0.2, 0.25) is 5.02 Å². The molecule has 0 aliphatic carbocycles. The largest absolute Gasteiger partial charge is 0.444 e. The number of carbonyl (C=O) groups is 2. The summed E-state index contributed by atoms with van der Waals surface area (Å²) in [5.41, 5.74) is 4.07. The van der Waals surface area contributed by atoms with Gasteiger partial charge in [0, 0.05) is 60.8 Å². The quantitative estimate of drug-likeness (QED) is 0.226. The zero-order valence-corrected chi connectivity index (χ0v) is 27.0. The molecule has 1 saturated heterocycles. The molecule has 3 aromatic carbocycles. The highest BCUT2D eigenvalue weighted by atomic mass is 35.5. The van der Waals surface area contributed by atoms with E-state index in [0.29, 0.717) is 42.3 Å². The molecule has 240 valence electrons. The smallest absolute Gasteiger partial charge is 0.410 e. The molecule has 0 radical (unpaired) electrons. The first-order valence-electron chi connectivity index (χ1n) is 15.3. The van der Waals surface area contributed by atoms with Gasteiger partial charge in [0.1, 0.15) is 11.9 Å². The lowest BCUT2D eigenvalue weighted by Gasteiger charge is -2.36. The third kappa shape index (κ3) is 9.31. The Morgan fingerprint density at radius 3 is 2.41 bits per heavy atom. The highest BCUT2D eigenvalue weighted by Crippen LogP contribution is 2.22. The third-order valence-electron chi connectivity index (χ3n) is 7.39. The lowest BCUT2D eigenvalue weighted by atomic mass is 10.1. The van der Waals surface area contributed by atoms with E-state index < -0.39 is 5.60 Å². The van der Waals surface area contributed by atoms with E-state index in [1.54, 1.807) is 29.2 Å². The zero-order chi connectivity index (χ0) is 32.5. The number of tetrazole rings is 1. The topological polar surface area (TPSA) is 118 Å². The summed E-state index contributed by atoms with van der Waals surface area (Å²) in [6.45, 7) is 8.85. The normalized spacial score (nSPS) is 14.3. The molecular weight excluding hydrogens is 604 g/mol. The van der Waals surface area contributed by atoms with Gasteiger partial charge in [0.25, 0.3) is 0 Å². The number of piperazine rings is 1. The highest BCUT2D eigenvalue weighted by molar-refractivity contribution is 6.30. The van der Waals surface area contributed by atoms with E-state index in [1.165, 1.54) is 17.1 Å². The summed E-state index contributed by atoms with van der Waals surface area (Å²) in [5, 5.41) is 18.5. The van der Waals surface area contributed by atoms with Crippen molar-refractivity contribution in [1.82, 2.24) is 30.4 Å². The highest BCUT2D eigenvalue weighted by Gasteiger charge is 2.26. The SMILES string of the molecule is CC(C)(C)OC(=O)N1CCN(c2ccc(NCC(Cc3ccccc3)NC(=O)C=Cc3cc(Cl)ccc3-n3cnnn3)cc2)CC1. The van der Waals surface area contributed by atoms with Crippen molar-refractivity contribution in [2.24, 2.45) is 0 Å². The standard InChI is InChI=1S/C34H39ClN8O3/c1-34(2,3)46-33(45)42-19-17-41(18-20-42)30-13-11-28(12-14-30)36-23-29(21-25-7-5-4-6-8-25)38-32(44)16-9-26-22-27(35)10-15-31(26)43-24-37-39-40-43/h4-16,22,24,29,36H,17-21,23H2,1-3H3,(H,38,44). The van der Waals surface area contributed by atoms with Gasteiger partial charge in [-0.2, -0.15) is 4.68 Å². The fourth-order valence-electron chi connectivity index (χ4n) is 5.13. The molecule has 0 spiro atoms. The molecule has 1 unspecified atom stereocenters. The van der Waals surface area contributed by atoms with Crippen LogP contribution in [0.15, 0.2) is 85.2 Å². The molecule has 2 heterocycles. The molecule has 1 aromatic heterocycles. The predicted molar refractivity (Wildman–Crippen MR) is 180 cm³/mol. The van der Waals surface area contributed by atoms with Crippen molar-refractivity contribution in [3.05, 3.63) is 101 Å². The maximum Gasteiger partial charge on any atom is 0.410 e. The van der Waals surface area contributed by atoms with Gasteiger partial charge in [-0.05, 0) is 91.7 Å². The van der Waals surface area contributed by atoms with Crippen LogP contribution in [-0.2, 0) is 16.0 Å². The van der Waals surface area contributed by atoms with Crippen LogP contribution in [0.4, 0.5) is 16.2 Å². The summed E-state index contributed by atoms with van der Waals surface area (Å²) in [7, 11) is 0. The van der Waals surface area contributed by atoms with Crippen molar-refractivity contribution in [3.8, 4) is 5.69 Å². The van der Waals surface area contributed by atoms with Crippen LogP contribution < -0.4 is 15.5 Å². The number of hydrogen-bond acceptors (Lipinski definition) is 8. The van der Waals surface area contributed by atoms with Gasteiger partial charge in [0.15, 0.2) is 0 Å². The number of benzene rings is 3. The monoisotopic (exact) mass is 642 g/mol. The van der Waals surface area contributed by atoms with Crippen LogP contribution in [0.3, 0.4) is 0 Å². The lowest BCUT2D eigenvalue weighted by molar-refractivity contribution is -0.117. The summed E-state index contributed by atoms with van der Waals surface area (Å²) >= 11 is 6.23. The molecule has 2 amide bonds. The lowest BCUT2D eigenvalue weighted by Crippen LogP contribution is -2.50. The summed E-state index contributed by atoms with van der Waals surface area (Å²) < 4.78 is 7.04. The van der Waals surface area contributed by atoms with Gasteiger partial charge in [-0.1, -0.05) is 41.9 Å². The first-order chi connectivity index (χ1) is 22.1. The van der Waals surface area contributed by atoms with Gasteiger partial charge in [0.2, 0.25) is 5.91 Å². The average Bonchev–Trinajstić information content (AvgIpc) is 3.58. The Balaban J connectivity index is 1.19. The summed E-state index contributed by atoms with van der Waals surface area (Å²) in [6, 6.07) is 23.4. The minimum Gasteiger partial charge on any atom is -0.444 e. The van der Waals surface area contributed by atoms with Crippen molar-refractivity contribution >= 4 is 41.1 Å². The zero-order valence-electron chi connectivity index (χ0n) is 26.3. The minimum absolute atomic E-state index is 0.182. The molecule has 4 aromatic rings. The Bertz CT molecular complexity index is 1610. The molecule has 1 atom stereocenters. The van der Waals surface area contributed by atoms with E-state index in [1.807, 2.05) is 51.1 Å². The second-order valence-electron chi connectivity index (χ2n) is 12.1. The molecule has 0 saturated carbocycles. The van der Waals surface area contributed by atoms with E-state index >= 15 is 0 Å². The van der Waals surface area contributed by atoms with Gasteiger partial charge in [0.05, 0.1) is 11.7 Å². The van der Waals surface area contributed by atoms with Crippen LogP contribution >= 0.6 is 11.6 Å². The number of nitrogens with zero attached hydrogens (tertiary/aromatic N) is 6. The van der Waals surface area contributed by atoms with E-state index in [9.17, 15) is 9.59 Å². The van der Waals surface area contributed by atoms with E-state index in [2.05, 4.69) is 55.3 Å². The molecule has 11 nitrogen and oxygen atoms in total. The Labute approximate surface area is 274 Å². The molecular formula is C34H39ClN8O3. The fourth-order valence-corrected chi connectivity index (χ4v) is 5.31. The number of halogens is 1. The number of nitrogens with one attached hydrogen (secondary N) is 2. The molecule has 1 aliphatic rings. The number of carbonyl (C=O) groups excluding carboxylic acids is 2. The molecule has 1 aliphatic heterocycles. The predicted octanol–water partition coefficient (Wildman–Crippen LogP) is 5.23. The van der Waals surface area contributed by atoms with Crippen LogP contribution in [0.5, 0.6) is 0 Å². The van der Waals surface area contributed by atoms with Crippen LogP contribution in [0.1, 0.15) is 31.9 Å². The summed E-state index contributed by atoms with van der Waals surface area (Å²) in [5.74, 6) is -0.230. The molecule has 5 rings (SSSR count). The van der Waals surface area contributed by atoms with E-state index in [0.717, 1.165) is 30.0 Å². The van der Waals surface area contributed by atoms with Crippen LogP contribution in [0.25, 0.3) is 11.8 Å². The Hall–Kier alpha value is -4.90. The van der Waals surface area contributed by atoms with Gasteiger partial charge in [-0.25, -0.2) is 4.79 Å². The van der Waals surface area contributed by atoms with Crippen molar-refractivity contribution in [2.75, 3.05) is 42.9 Å². The molecule has 46 heavy (non-hydrogen) atoms. The van der Waals surface area contributed by atoms with Gasteiger partial charge in [-0.15, -0.1) is 5.10 Å². The Kier molecular flexibility index (Phi) is 10.5. The van der Waals surface area contributed by atoms with Crippen molar-refractivity contribution in [3.63, 3.8) is 0 Å². The summed E-state index contributed by atoms with van der Waals surface area (Å²) in [4.78, 5) is 29.6. The number of amides is 2. The summed E-state index contributed by atoms with van der Waals surface area (Å²) in [6.07, 6.45) is 5.08. The molecule has 0 bridgehead atoms.